The molecule has 1 amide bonds. The van der Waals surface area contributed by atoms with Crippen LogP contribution in [0, 0.1) is 5.82 Å². The molecule has 0 aliphatic carbocycles. The fourth-order valence-corrected chi connectivity index (χ4v) is 5.62. The minimum atomic E-state index is -4.96. The number of aliphatic imine (C=N–C) groups is 1. The van der Waals surface area contributed by atoms with Gasteiger partial charge in [0.2, 0.25) is 5.84 Å². The maximum absolute atomic E-state index is 15.1. The molecule has 1 N–H and O–H groups in total. The molecule has 3 aromatic rings. The molecule has 0 saturated carbocycles. The molecule has 0 bridgehead atoms. The lowest BCUT2D eigenvalue weighted by molar-refractivity contribution is -0.146. The molecule has 228 valence electrons. The third-order valence-electron chi connectivity index (χ3n) is 7.48. The average molecular weight is 610 g/mol. The van der Waals surface area contributed by atoms with Gasteiger partial charge in [-0.25, -0.2) is 9.49 Å². The van der Waals surface area contributed by atoms with Crippen molar-refractivity contribution in [2.75, 3.05) is 6.54 Å². The van der Waals surface area contributed by atoms with E-state index < -0.39 is 72.1 Å². The summed E-state index contributed by atoms with van der Waals surface area (Å²) < 4.78 is 98.8. The highest BCUT2D eigenvalue weighted by molar-refractivity contribution is 5.96. The molecule has 7 nitrogen and oxygen atoms in total. The number of aromatic amines is 1. The molecule has 14 heteroatoms. The smallest absolute Gasteiger partial charge is 0.328 e. The van der Waals surface area contributed by atoms with Crippen molar-refractivity contribution in [2.24, 2.45) is 4.99 Å². The molecule has 1 saturated heterocycles. The average Bonchev–Trinajstić information content (AvgIpc) is 3.11. The van der Waals surface area contributed by atoms with E-state index in [1.54, 1.807) is 24.3 Å². The molecule has 3 atom stereocenters. The molecule has 43 heavy (non-hydrogen) atoms. The van der Waals surface area contributed by atoms with E-state index in [9.17, 15) is 35.9 Å². The van der Waals surface area contributed by atoms with E-state index in [-0.39, 0.29) is 18.5 Å². The maximum Gasteiger partial charge on any atom is 0.449 e. The van der Waals surface area contributed by atoms with Gasteiger partial charge in [0.05, 0.1) is 41.2 Å². The molecule has 2 aromatic carbocycles. The van der Waals surface area contributed by atoms with Crippen LogP contribution in [-0.2, 0) is 6.42 Å². The number of benzene rings is 2. The number of rotatable bonds is 4. The van der Waals surface area contributed by atoms with Gasteiger partial charge in [-0.1, -0.05) is 30.3 Å². The second kappa shape index (κ2) is 11.1. The largest absolute Gasteiger partial charge is 0.449 e. The molecule has 1 fully saturated rings. The van der Waals surface area contributed by atoms with Crippen molar-refractivity contribution in [1.82, 2.24) is 20.0 Å². The molecular formula is C29H26F7N5O2. The lowest BCUT2D eigenvalue weighted by Crippen LogP contribution is -2.61. The zero-order valence-corrected chi connectivity index (χ0v) is 22.9. The number of aromatic nitrogens is 2. The number of carbonyl (C=O) groups excluding carboxylic acids is 1. The van der Waals surface area contributed by atoms with Crippen LogP contribution in [0.2, 0.25) is 0 Å². The number of alkyl halides is 6. The lowest BCUT2D eigenvalue weighted by Gasteiger charge is -2.48. The summed E-state index contributed by atoms with van der Waals surface area (Å²) in [7, 11) is 0. The summed E-state index contributed by atoms with van der Waals surface area (Å²) in [5.41, 5.74) is -0.521. The van der Waals surface area contributed by atoms with E-state index in [1.165, 1.54) is 32.1 Å². The van der Waals surface area contributed by atoms with E-state index in [0.29, 0.717) is 22.0 Å². The number of amidine groups is 1. The van der Waals surface area contributed by atoms with Crippen molar-refractivity contribution in [3.05, 3.63) is 87.2 Å². The Morgan fingerprint density at radius 3 is 2.42 bits per heavy atom. The minimum absolute atomic E-state index is 0.0441. The van der Waals surface area contributed by atoms with Gasteiger partial charge in [-0.05, 0) is 44.0 Å². The maximum atomic E-state index is 15.1. The van der Waals surface area contributed by atoms with Crippen molar-refractivity contribution in [2.45, 2.75) is 63.6 Å². The molecule has 0 radical (unpaired) electrons. The van der Waals surface area contributed by atoms with E-state index in [2.05, 4.69) is 15.2 Å². The first-order chi connectivity index (χ1) is 20.1. The number of halogens is 7. The van der Waals surface area contributed by atoms with Crippen molar-refractivity contribution < 1.29 is 35.5 Å². The highest BCUT2D eigenvalue weighted by Crippen LogP contribution is 2.39. The van der Waals surface area contributed by atoms with Crippen LogP contribution in [0.15, 0.2) is 64.0 Å². The Hall–Kier alpha value is -4.23. The summed E-state index contributed by atoms with van der Waals surface area (Å²) in [4.78, 5) is 31.2. The number of piperazine rings is 1. The van der Waals surface area contributed by atoms with Gasteiger partial charge in [0.25, 0.3) is 11.5 Å². The van der Waals surface area contributed by atoms with Crippen molar-refractivity contribution in [3.8, 4) is 0 Å². The number of H-pyrrole nitrogens is 1. The predicted octanol–water partition coefficient (Wildman–Crippen LogP) is 5.76. The van der Waals surface area contributed by atoms with Gasteiger partial charge in [-0.15, -0.1) is 0 Å². The molecule has 5 rings (SSSR count). The first-order valence-corrected chi connectivity index (χ1v) is 13.4. The Morgan fingerprint density at radius 2 is 1.74 bits per heavy atom. The van der Waals surface area contributed by atoms with Crippen LogP contribution in [0.1, 0.15) is 48.3 Å². The number of hydrogen-bond donors (Lipinski definition) is 1. The summed E-state index contributed by atoms with van der Waals surface area (Å²) in [5, 5.41) is 7.34. The fourth-order valence-electron chi connectivity index (χ4n) is 5.62. The van der Waals surface area contributed by atoms with Gasteiger partial charge in [0.15, 0.2) is 0 Å². The molecule has 2 aliphatic heterocycles. The normalized spacial score (nSPS) is 21.3. The number of carbonyl (C=O) groups is 1. The first kappa shape index (κ1) is 30.2. The Labute approximate surface area is 240 Å². The zero-order valence-electron chi connectivity index (χ0n) is 22.9. The Bertz CT molecular complexity index is 1680. The third kappa shape index (κ3) is 6.13. The molecule has 3 unspecified atom stereocenters. The van der Waals surface area contributed by atoms with Gasteiger partial charge in [-0.2, -0.15) is 31.4 Å². The van der Waals surface area contributed by atoms with Gasteiger partial charge in [-0.3, -0.25) is 14.6 Å². The van der Waals surface area contributed by atoms with Crippen LogP contribution in [-0.4, -0.2) is 68.8 Å². The van der Waals surface area contributed by atoms with E-state index >= 15 is 4.39 Å². The summed E-state index contributed by atoms with van der Waals surface area (Å²) in [6.07, 6.45) is -10.2. The number of nitrogens with one attached hydrogen (secondary N) is 1. The van der Waals surface area contributed by atoms with Crippen molar-refractivity contribution in [1.29, 1.82) is 0 Å². The van der Waals surface area contributed by atoms with Gasteiger partial charge in [0.1, 0.15) is 5.82 Å². The number of nitrogens with zero attached hydrogens (tertiary/aromatic N) is 4. The molecule has 2 aliphatic rings. The molecule has 0 spiro atoms. The summed E-state index contributed by atoms with van der Waals surface area (Å²) in [6.45, 7) is 2.21. The van der Waals surface area contributed by atoms with Crippen LogP contribution in [0.3, 0.4) is 0 Å². The number of fused-ring (bicyclic) bond motifs is 2. The summed E-state index contributed by atoms with van der Waals surface area (Å²) in [5.74, 6) is -3.43. The highest BCUT2D eigenvalue weighted by atomic mass is 19.4. The van der Waals surface area contributed by atoms with Gasteiger partial charge < -0.3 is 9.80 Å². The number of amides is 1. The SMILES string of the molecule is CC1CC=C2C(CC(F)(F)F)N(C(=O)c3cc(Cc4n[nH]c(=O)c5ccccc45)ccc3F)CC(C)N2C(C(F)(F)F)=N1. The minimum Gasteiger partial charge on any atom is -0.328 e. The third-order valence-corrected chi connectivity index (χ3v) is 7.48. The fraction of sp³-hybridized carbons (Fsp3) is 0.379. The van der Waals surface area contributed by atoms with Crippen LogP contribution in [0.4, 0.5) is 30.7 Å². The molecular weight excluding hydrogens is 583 g/mol. The predicted molar refractivity (Wildman–Crippen MR) is 144 cm³/mol. The van der Waals surface area contributed by atoms with Gasteiger partial charge in [0, 0.05) is 24.0 Å². The Kier molecular flexibility index (Phi) is 7.82. The van der Waals surface area contributed by atoms with Crippen LogP contribution in [0.5, 0.6) is 0 Å². The second-order valence-electron chi connectivity index (χ2n) is 10.7. The Balaban J connectivity index is 1.54. The topological polar surface area (TPSA) is 81.7 Å². The number of hydrogen-bond acceptors (Lipinski definition) is 5. The van der Waals surface area contributed by atoms with E-state index in [0.717, 1.165) is 15.9 Å². The van der Waals surface area contributed by atoms with Crippen molar-refractivity contribution >= 4 is 22.5 Å². The zero-order chi connectivity index (χ0) is 31.3. The van der Waals surface area contributed by atoms with E-state index in [4.69, 9.17) is 0 Å². The quantitative estimate of drug-likeness (QED) is 0.382. The highest BCUT2D eigenvalue weighted by Gasteiger charge is 2.51. The summed E-state index contributed by atoms with van der Waals surface area (Å²) >= 11 is 0. The Morgan fingerprint density at radius 1 is 1.05 bits per heavy atom. The lowest BCUT2D eigenvalue weighted by atomic mass is 9.96. The van der Waals surface area contributed by atoms with Crippen LogP contribution < -0.4 is 5.56 Å². The molecule has 3 heterocycles. The first-order valence-electron chi connectivity index (χ1n) is 13.4. The second-order valence-corrected chi connectivity index (χ2v) is 10.7. The molecule has 1 aromatic heterocycles. The monoisotopic (exact) mass is 609 g/mol. The standard InChI is InChI=1S/C29H26F7N5O2/c1-15-7-10-23-24(13-28(31,32)33)40(14-16(2)41(23)27(37-15)29(34,35)36)26(43)20-11-17(8-9-21(20)30)12-22-18-5-3-4-6-19(18)25(42)39-38-22/h3-6,8-11,15-16,24H,7,12-14H2,1-2H3,(H,39,42). The summed E-state index contributed by atoms with van der Waals surface area (Å²) in [6, 6.07) is 6.36. The van der Waals surface area contributed by atoms with Crippen LogP contribution >= 0.6 is 0 Å². The van der Waals surface area contributed by atoms with Crippen molar-refractivity contribution in [3.63, 3.8) is 0 Å². The van der Waals surface area contributed by atoms with Gasteiger partial charge >= 0.3 is 12.4 Å². The van der Waals surface area contributed by atoms with E-state index in [1.807, 2.05) is 0 Å². The van der Waals surface area contributed by atoms with Crippen LogP contribution in [0.25, 0.3) is 10.8 Å².